The van der Waals surface area contributed by atoms with Crippen molar-refractivity contribution >= 4 is 5.78 Å². The zero-order valence-electron chi connectivity index (χ0n) is 13.0. The molecule has 0 heterocycles. The number of carbonyl (C=O) groups is 1. The smallest absolute Gasteiger partial charge is 0.159 e. The van der Waals surface area contributed by atoms with Crippen molar-refractivity contribution in [3.8, 4) is 16.9 Å². The molecule has 0 atom stereocenters. The predicted octanol–water partition coefficient (Wildman–Crippen LogP) is 5.27. The van der Waals surface area contributed by atoms with Crippen LogP contribution in [0.25, 0.3) is 11.1 Å². The highest BCUT2D eigenvalue weighted by Gasteiger charge is 2.14. The summed E-state index contributed by atoms with van der Waals surface area (Å²) in [5.41, 5.74) is 3.02. The molecule has 0 spiro atoms. The minimum absolute atomic E-state index is 0.0998. The van der Waals surface area contributed by atoms with E-state index in [1.165, 1.54) is 32.1 Å². The van der Waals surface area contributed by atoms with E-state index in [1.54, 1.807) is 6.92 Å². The van der Waals surface area contributed by atoms with Gasteiger partial charge in [0.2, 0.25) is 0 Å². The van der Waals surface area contributed by atoms with E-state index in [0.717, 1.165) is 22.4 Å². The Labute approximate surface area is 132 Å². The first-order valence-corrected chi connectivity index (χ1v) is 8.10. The van der Waals surface area contributed by atoms with Crippen LogP contribution in [0.15, 0.2) is 48.5 Å². The van der Waals surface area contributed by atoms with Crippen molar-refractivity contribution in [2.24, 2.45) is 0 Å². The second-order valence-corrected chi connectivity index (χ2v) is 6.04. The Balaban J connectivity index is 1.69. The number of hydrogen-bond donors (Lipinski definition) is 0. The Kier molecular flexibility index (Phi) is 4.57. The Hall–Kier alpha value is -2.09. The van der Waals surface area contributed by atoms with Gasteiger partial charge in [-0.1, -0.05) is 42.8 Å². The number of hydrogen-bond acceptors (Lipinski definition) is 2. The lowest BCUT2D eigenvalue weighted by molar-refractivity contribution is 0.101. The second-order valence-electron chi connectivity index (χ2n) is 6.04. The van der Waals surface area contributed by atoms with Gasteiger partial charge in [-0.25, -0.2) is 0 Å². The molecule has 0 unspecified atom stereocenters. The lowest BCUT2D eigenvalue weighted by Gasteiger charge is -2.23. The molecule has 0 radical (unpaired) electrons. The van der Waals surface area contributed by atoms with E-state index in [4.69, 9.17) is 4.74 Å². The molecule has 2 heteroatoms. The molecule has 0 N–H and O–H groups in total. The predicted molar refractivity (Wildman–Crippen MR) is 89.4 cm³/mol. The van der Waals surface area contributed by atoms with Crippen LogP contribution in [0, 0.1) is 0 Å². The summed E-state index contributed by atoms with van der Waals surface area (Å²) in [6, 6.07) is 16.0. The van der Waals surface area contributed by atoms with Crippen LogP contribution in [0.1, 0.15) is 49.4 Å². The Bertz CT molecular complexity index is 620. The normalized spacial score (nSPS) is 15.5. The fraction of sp³-hybridized carbons (Fsp3) is 0.350. The lowest BCUT2D eigenvalue weighted by atomic mass is 9.98. The summed E-state index contributed by atoms with van der Waals surface area (Å²) in [6.07, 6.45) is 6.64. The van der Waals surface area contributed by atoms with Crippen molar-refractivity contribution in [1.29, 1.82) is 0 Å². The van der Waals surface area contributed by atoms with Gasteiger partial charge in [0.05, 0.1) is 6.10 Å². The zero-order valence-corrected chi connectivity index (χ0v) is 13.0. The number of ether oxygens (including phenoxy) is 1. The Morgan fingerprint density at radius 1 is 0.864 bits per heavy atom. The maximum absolute atomic E-state index is 11.3. The summed E-state index contributed by atoms with van der Waals surface area (Å²) < 4.78 is 6.05. The van der Waals surface area contributed by atoms with Crippen LogP contribution in [0.4, 0.5) is 0 Å². The van der Waals surface area contributed by atoms with Gasteiger partial charge in [0, 0.05) is 5.56 Å². The number of rotatable bonds is 4. The summed E-state index contributed by atoms with van der Waals surface area (Å²) in [7, 11) is 0. The minimum atomic E-state index is 0.0998. The van der Waals surface area contributed by atoms with E-state index >= 15 is 0 Å². The van der Waals surface area contributed by atoms with Gasteiger partial charge in [0.1, 0.15) is 5.75 Å². The topological polar surface area (TPSA) is 26.3 Å². The monoisotopic (exact) mass is 294 g/mol. The molecule has 0 saturated heterocycles. The van der Waals surface area contributed by atoms with Crippen molar-refractivity contribution in [1.82, 2.24) is 0 Å². The first kappa shape index (κ1) is 14.8. The lowest BCUT2D eigenvalue weighted by Crippen LogP contribution is -2.19. The fourth-order valence-electron chi connectivity index (χ4n) is 3.00. The number of carbonyl (C=O) groups excluding carboxylic acids is 1. The third-order valence-electron chi connectivity index (χ3n) is 4.33. The van der Waals surface area contributed by atoms with Crippen molar-refractivity contribution in [3.05, 3.63) is 54.1 Å². The second kappa shape index (κ2) is 6.78. The van der Waals surface area contributed by atoms with E-state index in [1.807, 2.05) is 36.4 Å². The van der Waals surface area contributed by atoms with E-state index in [0.29, 0.717) is 6.10 Å². The SMILES string of the molecule is CC(=O)c1ccc(-c2ccc(OC3CCCCC3)cc2)cc1. The van der Waals surface area contributed by atoms with Gasteiger partial charge >= 0.3 is 0 Å². The highest BCUT2D eigenvalue weighted by molar-refractivity contribution is 5.94. The number of ketones is 1. The molecule has 0 amide bonds. The van der Waals surface area contributed by atoms with E-state index in [2.05, 4.69) is 12.1 Å². The van der Waals surface area contributed by atoms with Gasteiger partial charge in [0.25, 0.3) is 0 Å². The third-order valence-corrected chi connectivity index (χ3v) is 4.33. The first-order chi connectivity index (χ1) is 10.7. The summed E-state index contributed by atoms with van der Waals surface area (Å²) in [4.78, 5) is 11.3. The first-order valence-electron chi connectivity index (χ1n) is 8.10. The molecule has 2 nitrogen and oxygen atoms in total. The fourth-order valence-corrected chi connectivity index (χ4v) is 3.00. The molecule has 1 fully saturated rings. The van der Waals surface area contributed by atoms with Crippen molar-refractivity contribution in [3.63, 3.8) is 0 Å². The van der Waals surface area contributed by atoms with E-state index < -0.39 is 0 Å². The van der Waals surface area contributed by atoms with Crippen molar-refractivity contribution in [2.75, 3.05) is 0 Å². The maximum Gasteiger partial charge on any atom is 0.159 e. The van der Waals surface area contributed by atoms with Gasteiger partial charge in [-0.2, -0.15) is 0 Å². The van der Waals surface area contributed by atoms with Gasteiger partial charge in [-0.15, -0.1) is 0 Å². The van der Waals surface area contributed by atoms with E-state index in [-0.39, 0.29) is 5.78 Å². The Morgan fingerprint density at radius 2 is 1.41 bits per heavy atom. The van der Waals surface area contributed by atoms with Crippen LogP contribution in [0.5, 0.6) is 5.75 Å². The van der Waals surface area contributed by atoms with Gasteiger partial charge in [0.15, 0.2) is 5.78 Å². The molecule has 114 valence electrons. The van der Waals surface area contributed by atoms with Crippen LogP contribution < -0.4 is 4.74 Å². The molecule has 3 rings (SSSR count). The van der Waals surface area contributed by atoms with Crippen LogP contribution in [0.3, 0.4) is 0 Å². The summed E-state index contributed by atoms with van der Waals surface area (Å²) in [6.45, 7) is 1.59. The highest BCUT2D eigenvalue weighted by Crippen LogP contribution is 2.26. The van der Waals surface area contributed by atoms with Gasteiger partial charge in [-0.3, -0.25) is 4.79 Å². The van der Waals surface area contributed by atoms with Crippen molar-refractivity contribution < 1.29 is 9.53 Å². The van der Waals surface area contributed by atoms with Gasteiger partial charge < -0.3 is 4.74 Å². The molecule has 1 saturated carbocycles. The molecule has 0 aromatic heterocycles. The van der Waals surface area contributed by atoms with Crippen molar-refractivity contribution in [2.45, 2.75) is 45.1 Å². The minimum Gasteiger partial charge on any atom is -0.490 e. The molecule has 2 aromatic rings. The van der Waals surface area contributed by atoms with Crippen LogP contribution in [-0.2, 0) is 0 Å². The summed E-state index contributed by atoms with van der Waals surface area (Å²) >= 11 is 0. The zero-order chi connectivity index (χ0) is 15.4. The largest absolute Gasteiger partial charge is 0.490 e. The molecule has 1 aliphatic rings. The average molecular weight is 294 g/mol. The quantitative estimate of drug-likeness (QED) is 0.718. The Morgan fingerprint density at radius 3 is 1.95 bits per heavy atom. The summed E-state index contributed by atoms with van der Waals surface area (Å²) in [5, 5.41) is 0. The van der Waals surface area contributed by atoms with Crippen LogP contribution >= 0.6 is 0 Å². The molecule has 2 aromatic carbocycles. The highest BCUT2D eigenvalue weighted by atomic mass is 16.5. The summed E-state index contributed by atoms with van der Waals surface area (Å²) in [5.74, 6) is 1.05. The number of Topliss-reactive ketones (excluding diaryl/α,β-unsaturated/α-hetero) is 1. The standard InChI is InChI=1S/C20H22O2/c1-15(21)16-7-9-17(10-8-16)18-11-13-20(14-12-18)22-19-5-3-2-4-6-19/h7-14,19H,2-6H2,1H3. The van der Waals surface area contributed by atoms with Crippen LogP contribution in [-0.4, -0.2) is 11.9 Å². The van der Waals surface area contributed by atoms with E-state index in [9.17, 15) is 4.79 Å². The molecule has 0 aliphatic heterocycles. The maximum atomic E-state index is 11.3. The molecule has 22 heavy (non-hydrogen) atoms. The molecule has 1 aliphatic carbocycles. The van der Waals surface area contributed by atoms with Crippen LogP contribution in [0.2, 0.25) is 0 Å². The van der Waals surface area contributed by atoms with Gasteiger partial charge in [-0.05, 0) is 55.9 Å². The average Bonchev–Trinajstić information content (AvgIpc) is 2.57. The third kappa shape index (κ3) is 3.56. The molecular weight excluding hydrogens is 272 g/mol. The molecular formula is C20H22O2. The number of benzene rings is 2. The molecule has 0 bridgehead atoms.